The van der Waals surface area contributed by atoms with Crippen LogP contribution >= 0.6 is 0 Å². The van der Waals surface area contributed by atoms with Crippen molar-refractivity contribution in [2.75, 3.05) is 33.8 Å². The van der Waals surface area contributed by atoms with Gasteiger partial charge in [-0.05, 0) is 26.5 Å². The van der Waals surface area contributed by atoms with E-state index in [2.05, 4.69) is 41.7 Å². The third kappa shape index (κ3) is 3.11. The Morgan fingerprint density at radius 3 is 2.45 bits per heavy atom. The van der Waals surface area contributed by atoms with Gasteiger partial charge in [-0.2, -0.15) is 0 Å². The molecule has 0 amide bonds. The second-order valence-corrected chi connectivity index (χ2v) is 5.70. The summed E-state index contributed by atoms with van der Waals surface area (Å²) in [4.78, 5) is 9.20. The predicted octanol–water partition coefficient (Wildman–Crippen LogP) is 1.11. The molecular weight excluding hydrogens is 252 g/mol. The third-order valence-electron chi connectivity index (χ3n) is 4.41. The van der Waals surface area contributed by atoms with Crippen molar-refractivity contribution in [2.24, 2.45) is 5.73 Å². The van der Waals surface area contributed by atoms with Gasteiger partial charge in [-0.25, -0.2) is 4.98 Å². The minimum absolute atomic E-state index is 0.229. The number of rotatable bonds is 4. The number of methoxy groups -OCH3 is 1. The highest BCUT2D eigenvalue weighted by atomic mass is 16.5. The van der Waals surface area contributed by atoms with Gasteiger partial charge in [0.15, 0.2) is 0 Å². The molecule has 2 rings (SSSR count). The summed E-state index contributed by atoms with van der Waals surface area (Å²) in [5.74, 6) is 0.643. The van der Waals surface area contributed by atoms with Gasteiger partial charge >= 0.3 is 0 Å². The van der Waals surface area contributed by atoms with Gasteiger partial charge in [-0.15, -0.1) is 0 Å². The van der Waals surface area contributed by atoms with E-state index in [1.54, 1.807) is 7.11 Å². The molecule has 0 saturated carbocycles. The topological polar surface area (TPSA) is 54.6 Å². The van der Waals surface area contributed by atoms with E-state index in [-0.39, 0.29) is 6.04 Å². The minimum atomic E-state index is 0.229. The first-order valence-corrected chi connectivity index (χ1v) is 7.22. The Hall–Kier alpha value is -1.17. The lowest BCUT2D eigenvalue weighted by Crippen LogP contribution is -2.56. The summed E-state index contributed by atoms with van der Waals surface area (Å²) in [6.45, 7) is 7.21. The molecule has 1 aliphatic heterocycles. The Bertz CT molecular complexity index is 410. The number of nitrogens with two attached hydrogens (primary N) is 1. The van der Waals surface area contributed by atoms with Crippen LogP contribution in [0.25, 0.3) is 0 Å². The lowest BCUT2D eigenvalue weighted by Gasteiger charge is -2.45. The molecule has 1 saturated heterocycles. The number of nitrogens with zero attached hydrogens (tertiary/aromatic N) is 3. The third-order valence-corrected chi connectivity index (χ3v) is 4.41. The fraction of sp³-hybridized carbons (Fsp3) is 0.667. The van der Waals surface area contributed by atoms with Crippen LogP contribution in [-0.4, -0.2) is 60.7 Å². The molecule has 112 valence electrons. The van der Waals surface area contributed by atoms with Crippen molar-refractivity contribution in [3.05, 3.63) is 23.9 Å². The molecule has 0 spiro atoms. The zero-order valence-electron chi connectivity index (χ0n) is 12.9. The smallest absolute Gasteiger partial charge is 0.212 e. The Morgan fingerprint density at radius 2 is 2.00 bits per heavy atom. The minimum Gasteiger partial charge on any atom is -0.481 e. The highest BCUT2D eigenvalue weighted by molar-refractivity contribution is 5.21. The number of pyridine rings is 1. The fourth-order valence-corrected chi connectivity index (χ4v) is 2.91. The van der Waals surface area contributed by atoms with Gasteiger partial charge in [0.05, 0.1) is 7.11 Å². The number of likely N-dealkylation sites (N-methyl/N-ethyl adjacent to an activating group) is 1. The quantitative estimate of drug-likeness (QED) is 0.894. The van der Waals surface area contributed by atoms with E-state index in [9.17, 15) is 0 Å². The van der Waals surface area contributed by atoms with E-state index in [4.69, 9.17) is 10.5 Å². The summed E-state index contributed by atoms with van der Waals surface area (Å²) in [6.07, 6.45) is 1.88. The first-order chi connectivity index (χ1) is 9.56. The van der Waals surface area contributed by atoms with Crippen LogP contribution < -0.4 is 10.5 Å². The number of piperazine rings is 1. The molecule has 0 bridgehead atoms. The van der Waals surface area contributed by atoms with Gasteiger partial charge < -0.3 is 10.5 Å². The molecule has 5 heteroatoms. The molecule has 20 heavy (non-hydrogen) atoms. The average molecular weight is 278 g/mol. The van der Waals surface area contributed by atoms with Crippen molar-refractivity contribution in [2.45, 2.75) is 32.0 Å². The maximum Gasteiger partial charge on any atom is 0.212 e. The summed E-state index contributed by atoms with van der Waals surface area (Å²) in [5.41, 5.74) is 7.18. The van der Waals surface area contributed by atoms with Crippen molar-refractivity contribution < 1.29 is 4.74 Å². The van der Waals surface area contributed by atoms with Gasteiger partial charge in [-0.1, -0.05) is 6.07 Å². The molecule has 1 aromatic heterocycles. The second kappa shape index (κ2) is 6.52. The van der Waals surface area contributed by atoms with Gasteiger partial charge in [0.25, 0.3) is 0 Å². The van der Waals surface area contributed by atoms with E-state index in [0.717, 1.165) is 18.7 Å². The number of ether oxygens (including phenoxy) is 1. The van der Waals surface area contributed by atoms with Gasteiger partial charge in [-0.3, -0.25) is 9.80 Å². The lowest BCUT2D eigenvalue weighted by atomic mass is 10.0. The Balaban J connectivity index is 2.14. The van der Waals surface area contributed by atoms with Crippen LogP contribution in [0.3, 0.4) is 0 Å². The molecule has 2 N–H and O–H groups in total. The molecule has 0 radical (unpaired) electrons. The highest BCUT2D eigenvalue weighted by Gasteiger charge is 2.30. The van der Waals surface area contributed by atoms with Crippen LogP contribution in [0, 0.1) is 0 Å². The zero-order valence-corrected chi connectivity index (χ0v) is 12.9. The monoisotopic (exact) mass is 278 g/mol. The van der Waals surface area contributed by atoms with Gasteiger partial charge in [0.2, 0.25) is 5.88 Å². The molecule has 1 aliphatic rings. The summed E-state index contributed by atoms with van der Waals surface area (Å²) in [6, 6.07) is 5.28. The average Bonchev–Trinajstić information content (AvgIpc) is 2.46. The van der Waals surface area contributed by atoms with Crippen LogP contribution in [0.1, 0.15) is 25.5 Å². The molecule has 1 aromatic rings. The maximum absolute atomic E-state index is 6.02. The van der Waals surface area contributed by atoms with Crippen molar-refractivity contribution in [1.82, 2.24) is 14.8 Å². The van der Waals surface area contributed by atoms with Crippen molar-refractivity contribution in [3.8, 4) is 5.88 Å². The van der Waals surface area contributed by atoms with Crippen LogP contribution in [-0.2, 0) is 0 Å². The van der Waals surface area contributed by atoms with Crippen LogP contribution in [0.5, 0.6) is 5.88 Å². The standard InChI is InChI=1S/C15H26N4O/c1-11-9-19(10-12(2)18(11)3)14(7-16)13-5-6-15(20-4)17-8-13/h5-6,8,11-12,14H,7,9-10,16H2,1-4H3. The molecule has 5 nitrogen and oxygen atoms in total. The fourth-order valence-electron chi connectivity index (χ4n) is 2.91. The van der Waals surface area contributed by atoms with E-state index < -0.39 is 0 Å². The maximum atomic E-state index is 6.02. The zero-order chi connectivity index (χ0) is 14.7. The Morgan fingerprint density at radius 1 is 1.35 bits per heavy atom. The van der Waals surface area contributed by atoms with E-state index in [1.165, 1.54) is 0 Å². The Labute approximate surface area is 121 Å². The van der Waals surface area contributed by atoms with E-state index in [1.807, 2.05) is 12.3 Å². The highest BCUT2D eigenvalue weighted by Crippen LogP contribution is 2.25. The number of hydrogen-bond acceptors (Lipinski definition) is 5. The van der Waals surface area contributed by atoms with Crippen LogP contribution in [0.15, 0.2) is 18.3 Å². The van der Waals surface area contributed by atoms with Crippen LogP contribution in [0.4, 0.5) is 0 Å². The van der Waals surface area contributed by atoms with Gasteiger partial charge in [0.1, 0.15) is 0 Å². The van der Waals surface area contributed by atoms with E-state index >= 15 is 0 Å². The molecule has 2 heterocycles. The normalized spacial score (nSPS) is 26.4. The summed E-state index contributed by atoms with van der Waals surface area (Å²) < 4.78 is 5.11. The Kier molecular flexibility index (Phi) is 4.96. The van der Waals surface area contributed by atoms with E-state index in [0.29, 0.717) is 24.5 Å². The first kappa shape index (κ1) is 15.2. The predicted molar refractivity (Wildman–Crippen MR) is 80.8 cm³/mol. The number of aromatic nitrogens is 1. The van der Waals surface area contributed by atoms with Crippen molar-refractivity contribution in [3.63, 3.8) is 0 Å². The van der Waals surface area contributed by atoms with Gasteiger partial charge in [0, 0.05) is 50.0 Å². The molecule has 3 atom stereocenters. The molecule has 1 fully saturated rings. The molecule has 3 unspecified atom stereocenters. The lowest BCUT2D eigenvalue weighted by molar-refractivity contribution is 0.0351. The molecular formula is C15H26N4O. The summed E-state index contributed by atoms with van der Waals surface area (Å²) in [5, 5.41) is 0. The molecule has 0 aliphatic carbocycles. The van der Waals surface area contributed by atoms with Crippen LogP contribution in [0.2, 0.25) is 0 Å². The first-order valence-electron chi connectivity index (χ1n) is 7.22. The van der Waals surface area contributed by atoms with Crippen molar-refractivity contribution in [1.29, 1.82) is 0 Å². The molecule has 0 aromatic carbocycles. The summed E-state index contributed by atoms with van der Waals surface area (Å²) in [7, 11) is 3.82. The SMILES string of the molecule is COc1ccc(C(CN)N2CC(C)N(C)C(C)C2)cn1. The largest absolute Gasteiger partial charge is 0.481 e. The number of hydrogen-bond donors (Lipinski definition) is 1. The summed E-state index contributed by atoms with van der Waals surface area (Å²) >= 11 is 0. The van der Waals surface area contributed by atoms with Crippen molar-refractivity contribution >= 4 is 0 Å². The second-order valence-electron chi connectivity index (χ2n) is 5.70.